The van der Waals surface area contributed by atoms with Crippen LogP contribution in [0.5, 0.6) is 5.75 Å². The zero-order valence-corrected chi connectivity index (χ0v) is 19.4. The van der Waals surface area contributed by atoms with Gasteiger partial charge < -0.3 is 19.4 Å². The minimum atomic E-state index is 0.116. The highest BCUT2D eigenvalue weighted by Crippen LogP contribution is 2.29. The summed E-state index contributed by atoms with van der Waals surface area (Å²) >= 11 is 1.34. The molecule has 32 heavy (non-hydrogen) atoms. The molecule has 1 amide bonds. The van der Waals surface area contributed by atoms with Gasteiger partial charge in [0.2, 0.25) is 11.0 Å². The smallest absolute Gasteiger partial charge is 0.242 e. The first-order valence-corrected chi connectivity index (χ1v) is 11.7. The average Bonchev–Trinajstić information content (AvgIpc) is 3.29. The van der Waals surface area contributed by atoms with Crippen molar-refractivity contribution in [2.75, 3.05) is 56.2 Å². The van der Waals surface area contributed by atoms with Crippen molar-refractivity contribution in [3.63, 3.8) is 0 Å². The molecule has 2 heterocycles. The Balaban J connectivity index is 1.30. The van der Waals surface area contributed by atoms with E-state index in [1.165, 1.54) is 17.1 Å². The summed E-state index contributed by atoms with van der Waals surface area (Å²) in [7, 11) is 1.90. The van der Waals surface area contributed by atoms with Crippen molar-refractivity contribution >= 4 is 28.3 Å². The summed E-state index contributed by atoms with van der Waals surface area (Å²) < 4.78 is 10.2. The van der Waals surface area contributed by atoms with Crippen molar-refractivity contribution in [3.05, 3.63) is 66.0 Å². The van der Waals surface area contributed by atoms with E-state index in [0.717, 1.165) is 35.5 Å². The van der Waals surface area contributed by atoms with Crippen LogP contribution in [0.3, 0.4) is 0 Å². The minimum absolute atomic E-state index is 0.116. The molecule has 0 bridgehead atoms. The molecule has 0 N–H and O–H groups in total. The number of para-hydroxylation sites is 2. The number of likely N-dealkylation sites (N-methyl/N-ethyl adjacent to an activating group) is 1. The fourth-order valence-corrected chi connectivity index (χ4v) is 4.46. The molecule has 0 aliphatic carbocycles. The lowest BCUT2D eigenvalue weighted by Crippen LogP contribution is -2.51. The lowest BCUT2D eigenvalue weighted by molar-refractivity contribution is -0.129. The number of carbonyl (C=O) groups is 1. The van der Waals surface area contributed by atoms with Gasteiger partial charge in [-0.15, -0.1) is 0 Å². The zero-order valence-electron chi connectivity index (χ0n) is 18.6. The van der Waals surface area contributed by atoms with Gasteiger partial charge in [-0.1, -0.05) is 42.5 Å². The summed E-state index contributed by atoms with van der Waals surface area (Å²) in [6.07, 6.45) is 0.699. The van der Waals surface area contributed by atoms with E-state index < -0.39 is 0 Å². The minimum Gasteiger partial charge on any atom is -0.492 e. The lowest BCUT2D eigenvalue weighted by Gasteiger charge is -2.37. The molecule has 0 spiro atoms. The van der Waals surface area contributed by atoms with E-state index in [2.05, 4.69) is 32.5 Å². The quantitative estimate of drug-likeness (QED) is 0.524. The Bertz CT molecular complexity index is 1020. The van der Waals surface area contributed by atoms with E-state index >= 15 is 0 Å². The van der Waals surface area contributed by atoms with Crippen LogP contribution in [-0.2, 0) is 11.2 Å². The monoisotopic (exact) mass is 451 g/mol. The Morgan fingerprint density at radius 1 is 1.06 bits per heavy atom. The van der Waals surface area contributed by atoms with Gasteiger partial charge in [-0.05, 0) is 24.6 Å². The number of hydrogen-bond acceptors (Lipinski definition) is 7. The van der Waals surface area contributed by atoms with Crippen LogP contribution in [-0.4, -0.2) is 66.5 Å². The van der Waals surface area contributed by atoms with Crippen LogP contribution in [0.4, 0.5) is 10.8 Å². The first kappa shape index (κ1) is 22.1. The van der Waals surface area contributed by atoms with Crippen molar-refractivity contribution < 1.29 is 9.53 Å². The molecule has 1 fully saturated rings. The number of amides is 1. The van der Waals surface area contributed by atoms with Gasteiger partial charge in [-0.2, -0.15) is 4.37 Å². The fourth-order valence-electron chi connectivity index (χ4n) is 3.81. The summed E-state index contributed by atoms with van der Waals surface area (Å²) in [4.78, 5) is 23.6. The Hall–Kier alpha value is -3.13. The number of benzene rings is 2. The van der Waals surface area contributed by atoms with Crippen molar-refractivity contribution in [2.24, 2.45) is 0 Å². The van der Waals surface area contributed by atoms with Crippen molar-refractivity contribution in [1.29, 1.82) is 0 Å². The molecule has 1 saturated heterocycles. The molecule has 1 aromatic heterocycles. The summed E-state index contributed by atoms with van der Waals surface area (Å²) in [5.41, 5.74) is 2.28. The van der Waals surface area contributed by atoms with Gasteiger partial charge in [0.25, 0.3) is 0 Å². The summed E-state index contributed by atoms with van der Waals surface area (Å²) in [5, 5.41) is 0.772. The maximum absolute atomic E-state index is 12.9. The number of ether oxygens (including phenoxy) is 1. The summed E-state index contributed by atoms with van der Waals surface area (Å²) in [6.45, 7) is 5.91. The standard InChI is InChI=1S/C24H29N5O2S/c1-3-31-21-12-8-7-11-20(21)28-13-15-29(16-14-28)23(30)18-27(2)24-25-22(26-32-24)17-19-9-5-4-6-10-19/h4-12H,3,13-18H2,1-2H3. The second kappa shape index (κ2) is 10.5. The normalized spacial score (nSPS) is 13.8. The number of carbonyl (C=O) groups excluding carboxylic acids is 1. The van der Waals surface area contributed by atoms with E-state index in [1.54, 1.807) is 0 Å². The number of hydrogen-bond donors (Lipinski definition) is 0. The van der Waals surface area contributed by atoms with Crippen LogP contribution in [0.1, 0.15) is 18.3 Å². The molecule has 1 aliphatic heterocycles. The number of nitrogens with zero attached hydrogens (tertiary/aromatic N) is 5. The summed E-state index contributed by atoms with van der Waals surface area (Å²) in [5.74, 6) is 1.80. The Morgan fingerprint density at radius 2 is 1.78 bits per heavy atom. The fraction of sp³-hybridized carbons (Fsp3) is 0.375. The molecule has 3 aromatic rings. The van der Waals surface area contributed by atoms with Crippen LogP contribution < -0.4 is 14.5 Å². The first-order chi connectivity index (χ1) is 15.6. The van der Waals surface area contributed by atoms with Crippen molar-refractivity contribution in [3.8, 4) is 5.75 Å². The largest absolute Gasteiger partial charge is 0.492 e. The molecular formula is C24H29N5O2S. The number of piperazine rings is 1. The van der Waals surface area contributed by atoms with E-state index in [1.807, 2.05) is 60.2 Å². The molecule has 1 aliphatic rings. The molecule has 168 valence electrons. The predicted molar refractivity (Wildman–Crippen MR) is 129 cm³/mol. The SMILES string of the molecule is CCOc1ccccc1N1CCN(C(=O)CN(C)c2nc(Cc3ccccc3)ns2)CC1. The number of rotatable bonds is 8. The third kappa shape index (κ3) is 5.37. The van der Waals surface area contributed by atoms with Gasteiger partial charge >= 0.3 is 0 Å². The Kier molecular flexibility index (Phi) is 7.21. The molecule has 7 nitrogen and oxygen atoms in total. The maximum atomic E-state index is 12.9. The first-order valence-electron chi connectivity index (χ1n) is 11.0. The summed E-state index contributed by atoms with van der Waals surface area (Å²) in [6, 6.07) is 18.3. The van der Waals surface area contributed by atoms with Gasteiger partial charge in [0.15, 0.2) is 0 Å². The van der Waals surface area contributed by atoms with Crippen LogP contribution >= 0.6 is 11.5 Å². The third-order valence-electron chi connectivity index (χ3n) is 5.50. The Labute approximate surface area is 193 Å². The van der Waals surface area contributed by atoms with Gasteiger partial charge in [-0.3, -0.25) is 4.79 Å². The molecule has 4 rings (SSSR count). The van der Waals surface area contributed by atoms with E-state index in [4.69, 9.17) is 4.74 Å². The number of anilines is 2. The highest BCUT2D eigenvalue weighted by molar-refractivity contribution is 7.09. The van der Waals surface area contributed by atoms with E-state index in [9.17, 15) is 4.79 Å². The van der Waals surface area contributed by atoms with Crippen LogP contribution in [0.15, 0.2) is 54.6 Å². The highest BCUT2D eigenvalue weighted by Gasteiger charge is 2.24. The van der Waals surface area contributed by atoms with Crippen LogP contribution in [0, 0.1) is 0 Å². The van der Waals surface area contributed by atoms with Crippen LogP contribution in [0.25, 0.3) is 0 Å². The number of aromatic nitrogens is 2. The van der Waals surface area contributed by atoms with Crippen molar-refractivity contribution in [1.82, 2.24) is 14.3 Å². The second-order valence-electron chi connectivity index (χ2n) is 7.78. The van der Waals surface area contributed by atoms with Gasteiger partial charge in [0.1, 0.15) is 11.6 Å². The lowest BCUT2D eigenvalue weighted by atomic mass is 10.1. The zero-order chi connectivity index (χ0) is 22.3. The molecule has 0 unspecified atom stereocenters. The topological polar surface area (TPSA) is 61.8 Å². The second-order valence-corrected chi connectivity index (χ2v) is 8.51. The average molecular weight is 452 g/mol. The van der Waals surface area contributed by atoms with Gasteiger partial charge in [-0.25, -0.2) is 4.98 Å². The molecule has 0 radical (unpaired) electrons. The molecule has 2 aromatic carbocycles. The maximum Gasteiger partial charge on any atom is 0.242 e. The molecule has 8 heteroatoms. The molecule has 0 atom stereocenters. The van der Waals surface area contributed by atoms with E-state index in [-0.39, 0.29) is 5.91 Å². The van der Waals surface area contributed by atoms with Crippen LogP contribution in [0.2, 0.25) is 0 Å². The van der Waals surface area contributed by atoms with E-state index in [0.29, 0.717) is 32.7 Å². The highest BCUT2D eigenvalue weighted by atomic mass is 32.1. The molecular weight excluding hydrogens is 422 g/mol. The predicted octanol–water partition coefficient (Wildman–Crippen LogP) is 3.31. The molecule has 0 saturated carbocycles. The Morgan fingerprint density at radius 3 is 2.53 bits per heavy atom. The van der Waals surface area contributed by atoms with Crippen molar-refractivity contribution in [2.45, 2.75) is 13.3 Å². The third-order valence-corrected chi connectivity index (χ3v) is 6.37. The van der Waals surface area contributed by atoms with Gasteiger partial charge in [0.05, 0.1) is 18.8 Å². The van der Waals surface area contributed by atoms with Gasteiger partial charge in [0, 0.05) is 51.2 Å².